The Morgan fingerprint density at radius 1 is 1.44 bits per heavy atom. The molecule has 1 aliphatic rings. The van der Waals surface area contributed by atoms with Gasteiger partial charge in [0.05, 0.1) is 0 Å². The first-order valence-corrected chi connectivity index (χ1v) is 5.76. The van der Waals surface area contributed by atoms with E-state index in [1.165, 1.54) is 0 Å². The fourth-order valence-corrected chi connectivity index (χ4v) is 2.10. The summed E-state index contributed by atoms with van der Waals surface area (Å²) in [5, 5.41) is 0.682. The first kappa shape index (κ1) is 11.5. The Balaban J connectivity index is 2.24. The van der Waals surface area contributed by atoms with Gasteiger partial charge in [0.1, 0.15) is 5.75 Å². The molecule has 0 bridgehead atoms. The van der Waals surface area contributed by atoms with Crippen molar-refractivity contribution >= 4 is 17.4 Å². The Bertz CT molecular complexity index is 432. The van der Waals surface area contributed by atoms with E-state index < -0.39 is 0 Å². The highest BCUT2D eigenvalue weighted by Crippen LogP contribution is 2.36. The van der Waals surface area contributed by atoms with E-state index in [0.717, 1.165) is 11.3 Å². The second kappa shape index (κ2) is 3.77. The molecular weight excluding hydrogens is 224 g/mol. The third kappa shape index (κ3) is 1.94. The molecule has 0 spiro atoms. The average molecular weight is 239 g/mol. The lowest BCUT2D eigenvalue weighted by molar-refractivity contribution is -0.132. The van der Waals surface area contributed by atoms with Gasteiger partial charge in [-0.2, -0.15) is 0 Å². The van der Waals surface area contributed by atoms with Gasteiger partial charge in [-0.15, -0.1) is 0 Å². The summed E-state index contributed by atoms with van der Waals surface area (Å²) in [5.74, 6) is 0.870. The van der Waals surface area contributed by atoms with Crippen molar-refractivity contribution in [2.24, 2.45) is 5.41 Å². The molecule has 0 aliphatic carbocycles. The summed E-state index contributed by atoms with van der Waals surface area (Å²) in [5.41, 5.74) is 0.575. The van der Waals surface area contributed by atoms with E-state index in [-0.39, 0.29) is 17.3 Å². The van der Waals surface area contributed by atoms with Gasteiger partial charge >= 0.3 is 0 Å². The number of rotatable bonds is 1. The first-order chi connectivity index (χ1) is 7.39. The number of halogens is 1. The van der Waals surface area contributed by atoms with Crippen molar-refractivity contribution in [3.63, 3.8) is 0 Å². The molecule has 1 heterocycles. The maximum absolute atomic E-state index is 12.1. The minimum absolute atomic E-state index is 0.125. The third-order valence-electron chi connectivity index (χ3n) is 2.77. The van der Waals surface area contributed by atoms with Crippen LogP contribution in [-0.2, 0) is 11.2 Å². The minimum atomic E-state index is -0.380. The van der Waals surface area contributed by atoms with Crippen molar-refractivity contribution in [1.29, 1.82) is 0 Å². The van der Waals surface area contributed by atoms with Gasteiger partial charge in [-0.1, -0.05) is 38.4 Å². The first-order valence-electron chi connectivity index (χ1n) is 5.38. The highest BCUT2D eigenvalue weighted by atomic mass is 35.5. The summed E-state index contributed by atoms with van der Waals surface area (Å²) in [4.78, 5) is 12.1. The highest BCUT2D eigenvalue weighted by molar-refractivity contribution is 6.31. The molecule has 0 saturated heterocycles. The molecule has 2 rings (SSSR count). The predicted octanol–water partition coefficient (Wildman–Crippen LogP) is 3.26. The zero-order chi connectivity index (χ0) is 11.9. The van der Waals surface area contributed by atoms with Crippen LogP contribution in [0.3, 0.4) is 0 Å². The van der Waals surface area contributed by atoms with Crippen LogP contribution >= 0.6 is 11.6 Å². The van der Waals surface area contributed by atoms with E-state index in [4.69, 9.17) is 16.3 Å². The quantitative estimate of drug-likeness (QED) is 0.751. The average Bonchev–Trinajstić information content (AvgIpc) is 2.60. The van der Waals surface area contributed by atoms with E-state index in [1.54, 1.807) is 0 Å². The monoisotopic (exact) mass is 238 g/mol. The molecule has 1 atom stereocenters. The van der Waals surface area contributed by atoms with Gasteiger partial charge in [0.25, 0.3) is 0 Å². The van der Waals surface area contributed by atoms with E-state index in [1.807, 2.05) is 39.0 Å². The zero-order valence-electron chi connectivity index (χ0n) is 9.71. The Labute approximate surface area is 101 Å². The number of ketones is 1. The van der Waals surface area contributed by atoms with Crippen LogP contribution in [0.25, 0.3) is 0 Å². The molecule has 3 heteroatoms. The smallest absolute Gasteiger partial charge is 0.178 e. The number of fused-ring (bicyclic) bond motifs is 1. The normalized spacial score (nSPS) is 19.1. The lowest BCUT2D eigenvalue weighted by atomic mass is 9.86. The zero-order valence-corrected chi connectivity index (χ0v) is 10.5. The van der Waals surface area contributed by atoms with Gasteiger partial charge in [-0.25, -0.2) is 0 Å². The van der Waals surface area contributed by atoms with E-state index >= 15 is 0 Å². The molecule has 86 valence electrons. The van der Waals surface area contributed by atoms with Crippen LogP contribution < -0.4 is 4.74 Å². The van der Waals surface area contributed by atoms with Crippen LogP contribution in [0.5, 0.6) is 5.75 Å². The Morgan fingerprint density at radius 3 is 2.69 bits per heavy atom. The van der Waals surface area contributed by atoms with Crippen molar-refractivity contribution in [3.05, 3.63) is 28.8 Å². The van der Waals surface area contributed by atoms with Gasteiger partial charge in [0.15, 0.2) is 11.9 Å². The molecule has 2 nitrogen and oxygen atoms in total. The van der Waals surface area contributed by atoms with Crippen molar-refractivity contribution in [2.45, 2.75) is 33.3 Å². The maximum atomic E-state index is 12.1. The predicted molar refractivity (Wildman–Crippen MR) is 64.0 cm³/mol. The lowest BCUT2D eigenvalue weighted by Crippen LogP contribution is -2.35. The molecule has 16 heavy (non-hydrogen) atoms. The number of hydrogen-bond donors (Lipinski definition) is 0. The fraction of sp³-hybridized carbons (Fsp3) is 0.462. The molecule has 0 N–H and O–H groups in total. The van der Waals surface area contributed by atoms with E-state index in [9.17, 15) is 4.79 Å². The number of Topliss-reactive ketones (excluding diaryl/α,β-unsaturated/α-hetero) is 1. The summed E-state index contributed by atoms with van der Waals surface area (Å²) < 4.78 is 5.64. The fourth-order valence-electron chi connectivity index (χ4n) is 1.86. The van der Waals surface area contributed by atoms with Gasteiger partial charge in [-0.05, 0) is 12.1 Å². The third-order valence-corrected chi connectivity index (χ3v) is 3.12. The summed E-state index contributed by atoms with van der Waals surface area (Å²) >= 11 is 6.06. The van der Waals surface area contributed by atoms with Gasteiger partial charge in [0.2, 0.25) is 0 Å². The number of carbonyl (C=O) groups excluding carboxylic acids is 1. The van der Waals surface area contributed by atoms with Gasteiger partial charge < -0.3 is 4.74 Å². The van der Waals surface area contributed by atoms with Crippen LogP contribution in [0.4, 0.5) is 0 Å². The van der Waals surface area contributed by atoms with Crippen LogP contribution in [-0.4, -0.2) is 11.9 Å². The standard InChI is InChI=1S/C13H15ClO2/c1-13(2,3)12(15)11-7-8-9(14)5-4-6-10(8)16-11/h4-6,11H,7H2,1-3H3. The summed E-state index contributed by atoms with van der Waals surface area (Å²) in [6, 6.07) is 5.52. The number of ether oxygens (including phenoxy) is 1. The molecule has 0 saturated carbocycles. The summed E-state index contributed by atoms with van der Waals surface area (Å²) in [7, 11) is 0. The van der Waals surface area contributed by atoms with Gasteiger partial charge in [-0.3, -0.25) is 4.79 Å². The lowest BCUT2D eigenvalue weighted by Gasteiger charge is -2.20. The summed E-state index contributed by atoms with van der Waals surface area (Å²) in [6.07, 6.45) is 0.209. The van der Waals surface area contributed by atoms with Crippen LogP contribution in [0.15, 0.2) is 18.2 Å². The summed E-state index contributed by atoms with van der Waals surface area (Å²) in [6.45, 7) is 5.72. The number of benzene rings is 1. The molecule has 1 aliphatic heterocycles. The van der Waals surface area contributed by atoms with Crippen molar-refractivity contribution < 1.29 is 9.53 Å². The molecule has 0 amide bonds. The second-order valence-corrected chi connectivity index (χ2v) is 5.55. The Hall–Kier alpha value is -1.02. The van der Waals surface area contributed by atoms with Crippen molar-refractivity contribution in [3.8, 4) is 5.75 Å². The van der Waals surface area contributed by atoms with E-state index in [2.05, 4.69) is 0 Å². The largest absolute Gasteiger partial charge is 0.482 e. The Kier molecular flexibility index (Phi) is 2.70. The van der Waals surface area contributed by atoms with Crippen molar-refractivity contribution in [1.82, 2.24) is 0 Å². The molecule has 1 aromatic rings. The Morgan fingerprint density at radius 2 is 2.12 bits per heavy atom. The second-order valence-electron chi connectivity index (χ2n) is 5.14. The topological polar surface area (TPSA) is 26.3 Å². The number of carbonyl (C=O) groups is 1. The SMILES string of the molecule is CC(C)(C)C(=O)C1Cc2c(Cl)cccc2O1. The molecule has 0 aromatic heterocycles. The van der Waals surface area contributed by atoms with Crippen molar-refractivity contribution in [2.75, 3.05) is 0 Å². The van der Waals surface area contributed by atoms with Crippen LogP contribution in [0.1, 0.15) is 26.3 Å². The molecule has 1 aromatic carbocycles. The maximum Gasteiger partial charge on any atom is 0.178 e. The highest BCUT2D eigenvalue weighted by Gasteiger charge is 2.36. The minimum Gasteiger partial charge on any atom is -0.482 e. The van der Waals surface area contributed by atoms with Crippen LogP contribution in [0, 0.1) is 5.41 Å². The molecule has 0 radical (unpaired) electrons. The van der Waals surface area contributed by atoms with Gasteiger partial charge in [0, 0.05) is 22.4 Å². The molecule has 1 unspecified atom stereocenters. The van der Waals surface area contributed by atoms with E-state index in [0.29, 0.717) is 11.4 Å². The molecular formula is C13H15ClO2. The number of hydrogen-bond acceptors (Lipinski definition) is 2. The molecule has 0 fully saturated rings. The van der Waals surface area contributed by atoms with Crippen LogP contribution in [0.2, 0.25) is 5.02 Å².